The molecule has 1 atom stereocenters. The molecule has 1 heterocycles. The molecule has 6 heteroatoms. The molecule has 2 N–H and O–H groups in total. The van der Waals surface area contributed by atoms with E-state index in [0.29, 0.717) is 19.7 Å². The molecule has 0 radical (unpaired) electrons. The summed E-state index contributed by atoms with van der Waals surface area (Å²) in [6.45, 7) is 9.80. The fourth-order valence-electron chi connectivity index (χ4n) is 2.34. The smallest absolute Gasteiger partial charge is 0.315 e. The first-order valence-electron chi connectivity index (χ1n) is 8.54. The molecule has 2 rings (SSSR count). The molecule has 0 aliphatic rings. The van der Waals surface area contributed by atoms with Crippen LogP contribution in [-0.4, -0.2) is 27.2 Å². The number of amides is 2. The SMILES string of the molecule is C[C@H](Cn1ccnc1)NC(=O)NCc1cccc(COC(C)(C)C)c1. The first kappa shape index (κ1) is 19.0. The summed E-state index contributed by atoms with van der Waals surface area (Å²) in [6.07, 6.45) is 5.34. The van der Waals surface area contributed by atoms with Gasteiger partial charge in [-0.15, -0.1) is 0 Å². The highest BCUT2D eigenvalue weighted by molar-refractivity contribution is 5.74. The van der Waals surface area contributed by atoms with Crippen LogP contribution in [0.25, 0.3) is 0 Å². The van der Waals surface area contributed by atoms with Gasteiger partial charge >= 0.3 is 6.03 Å². The Bertz CT molecular complexity index is 662. The van der Waals surface area contributed by atoms with Crippen molar-refractivity contribution in [2.24, 2.45) is 0 Å². The molecular formula is C19H28N4O2. The van der Waals surface area contributed by atoms with Gasteiger partial charge in [-0.1, -0.05) is 24.3 Å². The summed E-state index contributed by atoms with van der Waals surface area (Å²) < 4.78 is 7.73. The Morgan fingerprint density at radius 2 is 2.08 bits per heavy atom. The van der Waals surface area contributed by atoms with E-state index in [1.807, 2.05) is 56.7 Å². The average Bonchev–Trinajstić information content (AvgIpc) is 3.03. The third-order valence-electron chi connectivity index (χ3n) is 3.54. The van der Waals surface area contributed by atoms with Crippen LogP contribution in [0.3, 0.4) is 0 Å². The molecule has 6 nitrogen and oxygen atoms in total. The van der Waals surface area contributed by atoms with Crippen molar-refractivity contribution in [3.05, 3.63) is 54.1 Å². The largest absolute Gasteiger partial charge is 0.371 e. The third-order valence-corrected chi connectivity index (χ3v) is 3.54. The number of nitrogens with one attached hydrogen (secondary N) is 2. The Hall–Kier alpha value is -2.34. The molecule has 0 unspecified atom stereocenters. The van der Waals surface area contributed by atoms with Crippen LogP contribution in [0.5, 0.6) is 0 Å². The summed E-state index contributed by atoms with van der Waals surface area (Å²) in [7, 11) is 0. The van der Waals surface area contributed by atoms with Crippen LogP contribution in [-0.2, 0) is 24.4 Å². The number of carbonyl (C=O) groups is 1. The molecule has 0 aliphatic heterocycles. The number of carbonyl (C=O) groups excluding carboxylic acids is 1. The summed E-state index contributed by atoms with van der Waals surface area (Å²) in [4.78, 5) is 16.0. The fraction of sp³-hybridized carbons (Fsp3) is 0.474. The molecule has 0 aliphatic carbocycles. The van der Waals surface area contributed by atoms with Gasteiger partial charge in [0.15, 0.2) is 0 Å². The number of hydrogen-bond donors (Lipinski definition) is 2. The summed E-state index contributed by atoms with van der Waals surface area (Å²) in [5.74, 6) is 0. The zero-order chi connectivity index (χ0) is 18.3. The van der Waals surface area contributed by atoms with Crippen LogP contribution in [0, 0.1) is 0 Å². The maximum Gasteiger partial charge on any atom is 0.315 e. The molecule has 0 saturated heterocycles. The van der Waals surface area contributed by atoms with Crippen LogP contribution >= 0.6 is 0 Å². The lowest BCUT2D eigenvalue weighted by molar-refractivity contribution is -0.0149. The second-order valence-corrected chi connectivity index (χ2v) is 7.21. The number of benzene rings is 1. The van der Waals surface area contributed by atoms with Crippen molar-refractivity contribution in [3.63, 3.8) is 0 Å². The molecule has 25 heavy (non-hydrogen) atoms. The maximum absolute atomic E-state index is 12.0. The lowest BCUT2D eigenvalue weighted by Crippen LogP contribution is -2.42. The van der Waals surface area contributed by atoms with Gasteiger partial charge in [0.05, 0.1) is 18.5 Å². The Morgan fingerprint density at radius 1 is 1.32 bits per heavy atom. The van der Waals surface area contributed by atoms with E-state index < -0.39 is 0 Å². The number of imidazole rings is 1. The highest BCUT2D eigenvalue weighted by Crippen LogP contribution is 2.13. The Balaban J connectivity index is 1.77. The lowest BCUT2D eigenvalue weighted by atomic mass is 10.1. The van der Waals surface area contributed by atoms with Crippen molar-refractivity contribution in [1.82, 2.24) is 20.2 Å². The van der Waals surface area contributed by atoms with Gasteiger partial charge in [0.25, 0.3) is 0 Å². The van der Waals surface area contributed by atoms with Crippen molar-refractivity contribution in [2.45, 2.75) is 59.0 Å². The van der Waals surface area contributed by atoms with Gasteiger partial charge in [0, 0.05) is 31.5 Å². The van der Waals surface area contributed by atoms with Gasteiger partial charge in [-0.3, -0.25) is 0 Å². The number of hydrogen-bond acceptors (Lipinski definition) is 3. The van der Waals surface area contributed by atoms with E-state index in [4.69, 9.17) is 4.74 Å². The molecule has 0 fully saturated rings. The van der Waals surface area contributed by atoms with E-state index in [-0.39, 0.29) is 17.7 Å². The molecule has 136 valence electrons. The molecule has 0 saturated carbocycles. The highest BCUT2D eigenvalue weighted by atomic mass is 16.5. The summed E-state index contributed by atoms with van der Waals surface area (Å²) in [5, 5.41) is 5.82. The van der Waals surface area contributed by atoms with Gasteiger partial charge in [-0.05, 0) is 38.8 Å². The molecule has 2 amide bonds. The van der Waals surface area contributed by atoms with E-state index in [9.17, 15) is 4.79 Å². The molecular weight excluding hydrogens is 316 g/mol. The maximum atomic E-state index is 12.0. The standard InChI is InChI=1S/C19H28N4O2/c1-15(12-23-9-8-20-14-23)22-18(24)21-11-16-6-5-7-17(10-16)13-25-19(2,3)4/h5-10,14-15H,11-13H2,1-4H3,(H2,21,22,24)/t15-/m1/s1. The van der Waals surface area contributed by atoms with Crippen LogP contribution in [0.4, 0.5) is 4.79 Å². The number of ether oxygens (including phenoxy) is 1. The van der Waals surface area contributed by atoms with E-state index in [2.05, 4.69) is 21.7 Å². The third kappa shape index (κ3) is 7.39. The Kier molecular flexibility index (Phi) is 6.58. The van der Waals surface area contributed by atoms with E-state index >= 15 is 0 Å². The Morgan fingerprint density at radius 3 is 2.76 bits per heavy atom. The molecule has 1 aromatic carbocycles. The summed E-state index contributed by atoms with van der Waals surface area (Å²) in [5.41, 5.74) is 1.98. The quantitative estimate of drug-likeness (QED) is 0.811. The van der Waals surface area contributed by atoms with Crippen molar-refractivity contribution < 1.29 is 9.53 Å². The van der Waals surface area contributed by atoms with E-state index in [1.54, 1.807) is 12.5 Å². The van der Waals surface area contributed by atoms with E-state index in [0.717, 1.165) is 11.1 Å². The van der Waals surface area contributed by atoms with Gasteiger partial charge in [-0.2, -0.15) is 0 Å². The van der Waals surface area contributed by atoms with Crippen molar-refractivity contribution in [2.75, 3.05) is 0 Å². The van der Waals surface area contributed by atoms with Crippen molar-refractivity contribution in [1.29, 1.82) is 0 Å². The number of urea groups is 1. The number of nitrogens with zero attached hydrogens (tertiary/aromatic N) is 2. The minimum Gasteiger partial charge on any atom is -0.371 e. The second kappa shape index (κ2) is 8.67. The van der Waals surface area contributed by atoms with Crippen molar-refractivity contribution in [3.8, 4) is 0 Å². The average molecular weight is 344 g/mol. The van der Waals surface area contributed by atoms with Crippen LogP contribution in [0.2, 0.25) is 0 Å². The Labute approximate surface area is 149 Å². The minimum atomic E-state index is -0.177. The van der Waals surface area contributed by atoms with Crippen LogP contribution in [0.15, 0.2) is 43.0 Å². The topological polar surface area (TPSA) is 68.2 Å². The molecule has 1 aromatic heterocycles. The monoisotopic (exact) mass is 344 g/mol. The molecule has 2 aromatic rings. The normalized spacial score (nSPS) is 12.6. The van der Waals surface area contributed by atoms with Gasteiger partial charge in [0.1, 0.15) is 0 Å². The number of aromatic nitrogens is 2. The molecule has 0 bridgehead atoms. The van der Waals surface area contributed by atoms with E-state index in [1.165, 1.54) is 0 Å². The number of rotatable bonds is 7. The fourth-order valence-corrected chi connectivity index (χ4v) is 2.34. The summed E-state index contributed by atoms with van der Waals surface area (Å²) in [6, 6.07) is 7.90. The van der Waals surface area contributed by atoms with Crippen molar-refractivity contribution >= 4 is 6.03 Å². The lowest BCUT2D eigenvalue weighted by Gasteiger charge is -2.19. The zero-order valence-corrected chi connectivity index (χ0v) is 15.5. The van der Waals surface area contributed by atoms with Gasteiger partial charge in [-0.25, -0.2) is 9.78 Å². The summed E-state index contributed by atoms with van der Waals surface area (Å²) >= 11 is 0. The zero-order valence-electron chi connectivity index (χ0n) is 15.5. The van der Waals surface area contributed by atoms with Crippen LogP contribution in [0.1, 0.15) is 38.8 Å². The predicted octanol–water partition coefficient (Wildman–Crippen LogP) is 3.09. The molecule has 0 spiro atoms. The second-order valence-electron chi connectivity index (χ2n) is 7.21. The first-order chi connectivity index (χ1) is 11.8. The minimum absolute atomic E-state index is 0.0146. The predicted molar refractivity (Wildman–Crippen MR) is 98.0 cm³/mol. The van der Waals surface area contributed by atoms with Gasteiger partial charge < -0.3 is 19.9 Å². The van der Waals surface area contributed by atoms with Gasteiger partial charge in [0.2, 0.25) is 0 Å². The highest BCUT2D eigenvalue weighted by Gasteiger charge is 2.11. The van der Waals surface area contributed by atoms with Crippen LogP contribution < -0.4 is 10.6 Å². The first-order valence-corrected chi connectivity index (χ1v) is 8.54.